The van der Waals surface area contributed by atoms with Crippen LogP contribution in [0.2, 0.25) is 0 Å². The lowest BCUT2D eigenvalue weighted by molar-refractivity contribution is -0.385. The summed E-state index contributed by atoms with van der Waals surface area (Å²) in [6.45, 7) is 1.48. The average Bonchev–Trinajstić information content (AvgIpc) is 2.41. The Bertz CT molecular complexity index is 549. The summed E-state index contributed by atoms with van der Waals surface area (Å²) in [5.74, 6) is -1.16. The first-order chi connectivity index (χ1) is 10.5. The summed E-state index contributed by atoms with van der Waals surface area (Å²) >= 11 is 0. The van der Waals surface area contributed by atoms with Gasteiger partial charge in [-0.25, -0.2) is 4.39 Å². The number of nitro groups is 1. The highest BCUT2D eigenvalue weighted by Crippen LogP contribution is 2.30. The molecule has 0 fully saturated rings. The molecule has 0 aliphatic carbocycles. The van der Waals surface area contributed by atoms with Crippen LogP contribution in [0.15, 0.2) is 18.2 Å². The maximum atomic E-state index is 14.1. The SMILES string of the molecule is CC(C)C[C@H](CO)N(CC(F)(F)F)c1ccc([N+](=O)[O-])cc1F. The van der Waals surface area contributed by atoms with Crippen molar-refractivity contribution >= 4 is 11.4 Å². The van der Waals surface area contributed by atoms with Gasteiger partial charge in [0.1, 0.15) is 6.54 Å². The van der Waals surface area contributed by atoms with Crippen molar-refractivity contribution in [2.24, 2.45) is 5.92 Å². The van der Waals surface area contributed by atoms with E-state index >= 15 is 0 Å². The van der Waals surface area contributed by atoms with Crippen LogP contribution in [0.5, 0.6) is 0 Å². The van der Waals surface area contributed by atoms with E-state index < -0.39 is 47.5 Å². The van der Waals surface area contributed by atoms with E-state index in [-0.39, 0.29) is 12.3 Å². The van der Waals surface area contributed by atoms with E-state index in [4.69, 9.17) is 0 Å². The maximum Gasteiger partial charge on any atom is 0.405 e. The molecule has 0 aliphatic rings. The third-order valence-electron chi connectivity index (χ3n) is 3.20. The Morgan fingerprint density at radius 1 is 1.35 bits per heavy atom. The van der Waals surface area contributed by atoms with Crippen LogP contribution in [0.25, 0.3) is 0 Å². The first kappa shape index (κ1) is 19.1. The zero-order valence-electron chi connectivity index (χ0n) is 12.7. The summed E-state index contributed by atoms with van der Waals surface area (Å²) in [6, 6.07) is 1.49. The minimum atomic E-state index is -4.61. The lowest BCUT2D eigenvalue weighted by Crippen LogP contribution is -2.45. The van der Waals surface area contributed by atoms with Gasteiger partial charge in [0.15, 0.2) is 5.82 Å². The second-order valence-corrected chi connectivity index (χ2v) is 5.60. The molecule has 1 aromatic carbocycles. The Hall–Kier alpha value is -1.90. The van der Waals surface area contributed by atoms with Crippen molar-refractivity contribution in [3.63, 3.8) is 0 Å². The van der Waals surface area contributed by atoms with Crippen LogP contribution in [0.4, 0.5) is 28.9 Å². The van der Waals surface area contributed by atoms with E-state index in [1.807, 2.05) is 0 Å². The van der Waals surface area contributed by atoms with Gasteiger partial charge in [-0.2, -0.15) is 13.2 Å². The predicted molar refractivity (Wildman–Crippen MR) is 76.8 cm³/mol. The monoisotopic (exact) mass is 338 g/mol. The zero-order valence-corrected chi connectivity index (χ0v) is 12.7. The standard InChI is InChI=1S/C14H18F4N2O3/c1-9(2)5-11(7-21)19(8-14(16,17)18)13-4-3-10(20(22)23)6-12(13)15/h3-4,6,9,11,21H,5,7-8H2,1-2H3/t11-/m1/s1. The van der Waals surface area contributed by atoms with Crippen LogP contribution in [0, 0.1) is 21.8 Å². The van der Waals surface area contributed by atoms with Crippen molar-refractivity contribution < 1.29 is 27.6 Å². The number of benzene rings is 1. The van der Waals surface area contributed by atoms with Crippen molar-refractivity contribution in [3.8, 4) is 0 Å². The second-order valence-electron chi connectivity index (χ2n) is 5.60. The van der Waals surface area contributed by atoms with Gasteiger partial charge in [0.05, 0.1) is 29.3 Å². The van der Waals surface area contributed by atoms with E-state index in [9.17, 15) is 32.8 Å². The first-order valence-electron chi connectivity index (χ1n) is 6.93. The Labute approximate surface area is 130 Å². The molecule has 1 N–H and O–H groups in total. The van der Waals surface area contributed by atoms with E-state index in [0.29, 0.717) is 11.0 Å². The van der Waals surface area contributed by atoms with Crippen LogP contribution in [0.1, 0.15) is 20.3 Å². The Kier molecular flexibility index (Phi) is 6.31. The van der Waals surface area contributed by atoms with Crippen molar-refractivity contribution in [1.82, 2.24) is 0 Å². The largest absolute Gasteiger partial charge is 0.405 e. The van der Waals surface area contributed by atoms with E-state index in [1.165, 1.54) is 0 Å². The molecular formula is C14H18F4N2O3. The quantitative estimate of drug-likeness (QED) is 0.469. The number of hydrogen-bond donors (Lipinski definition) is 1. The molecule has 1 rings (SSSR count). The highest BCUT2D eigenvalue weighted by atomic mass is 19.4. The van der Waals surface area contributed by atoms with Gasteiger partial charge in [0.2, 0.25) is 0 Å². The van der Waals surface area contributed by atoms with Crippen LogP contribution >= 0.6 is 0 Å². The fourth-order valence-electron chi connectivity index (χ4n) is 2.29. The Morgan fingerprint density at radius 2 is 1.96 bits per heavy atom. The second kappa shape index (κ2) is 7.58. The summed E-state index contributed by atoms with van der Waals surface area (Å²) < 4.78 is 52.5. The maximum absolute atomic E-state index is 14.1. The van der Waals surface area contributed by atoms with Gasteiger partial charge in [0.25, 0.3) is 5.69 Å². The smallest absolute Gasteiger partial charge is 0.394 e. The molecule has 0 aliphatic heterocycles. The van der Waals surface area contributed by atoms with Crippen molar-refractivity contribution in [2.45, 2.75) is 32.5 Å². The molecule has 9 heteroatoms. The minimum absolute atomic E-state index is 0.0241. The number of halogens is 4. The van der Waals surface area contributed by atoms with Crippen LogP contribution in [0.3, 0.4) is 0 Å². The van der Waals surface area contributed by atoms with Crippen molar-refractivity contribution in [2.75, 3.05) is 18.1 Å². The molecule has 0 saturated carbocycles. The topological polar surface area (TPSA) is 66.6 Å². The van der Waals surface area contributed by atoms with Gasteiger partial charge < -0.3 is 10.0 Å². The molecule has 0 bridgehead atoms. The zero-order chi connectivity index (χ0) is 17.8. The molecular weight excluding hydrogens is 320 g/mol. The van der Waals surface area contributed by atoms with Crippen molar-refractivity contribution in [3.05, 3.63) is 34.1 Å². The van der Waals surface area contributed by atoms with E-state index in [0.717, 1.165) is 12.1 Å². The number of non-ortho nitro benzene ring substituents is 1. The summed E-state index contributed by atoms with van der Waals surface area (Å²) in [5.41, 5.74) is -0.977. The Balaban J connectivity index is 3.25. The number of hydrogen-bond acceptors (Lipinski definition) is 4. The fourth-order valence-corrected chi connectivity index (χ4v) is 2.29. The molecule has 0 radical (unpaired) electrons. The molecule has 0 unspecified atom stereocenters. The van der Waals surface area contributed by atoms with E-state index in [2.05, 4.69) is 0 Å². The van der Waals surface area contributed by atoms with Crippen LogP contribution < -0.4 is 4.90 Å². The Morgan fingerprint density at radius 3 is 2.35 bits per heavy atom. The van der Waals surface area contributed by atoms with E-state index in [1.54, 1.807) is 13.8 Å². The molecule has 5 nitrogen and oxygen atoms in total. The van der Waals surface area contributed by atoms with Gasteiger partial charge in [-0.05, 0) is 18.4 Å². The number of rotatable bonds is 7. The van der Waals surface area contributed by atoms with Crippen molar-refractivity contribution in [1.29, 1.82) is 0 Å². The molecule has 0 heterocycles. The van der Waals surface area contributed by atoms with Gasteiger partial charge in [-0.1, -0.05) is 13.8 Å². The summed E-state index contributed by atoms with van der Waals surface area (Å²) in [7, 11) is 0. The number of anilines is 1. The van der Waals surface area contributed by atoms with Crippen LogP contribution in [-0.2, 0) is 0 Å². The molecule has 0 aromatic heterocycles. The fraction of sp³-hybridized carbons (Fsp3) is 0.571. The third kappa shape index (κ3) is 5.66. The summed E-state index contributed by atoms with van der Waals surface area (Å²) in [4.78, 5) is 10.5. The number of aliphatic hydroxyl groups is 1. The molecule has 23 heavy (non-hydrogen) atoms. The number of nitro benzene ring substituents is 1. The van der Waals surface area contributed by atoms with Gasteiger partial charge in [0, 0.05) is 6.07 Å². The molecule has 0 amide bonds. The normalized spacial score (nSPS) is 13.2. The lowest BCUT2D eigenvalue weighted by atomic mass is 10.0. The highest BCUT2D eigenvalue weighted by molar-refractivity contribution is 5.53. The van der Waals surface area contributed by atoms with Gasteiger partial charge in [-0.15, -0.1) is 0 Å². The third-order valence-corrected chi connectivity index (χ3v) is 3.20. The molecule has 0 spiro atoms. The van der Waals surface area contributed by atoms with Gasteiger partial charge >= 0.3 is 6.18 Å². The number of aliphatic hydroxyl groups excluding tert-OH is 1. The summed E-state index contributed by atoms with van der Waals surface area (Å²) in [5, 5.41) is 20.0. The molecule has 1 atom stereocenters. The average molecular weight is 338 g/mol. The number of nitrogens with zero attached hydrogens (tertiary/aromatic N) is 2. The summed E-state index contributed by atoms with van der Waals surface area (Å²) in [6.07, 6.45) is -4.40. The highest BCUT2D eigenvalue weighted by Gasteiger charge is 2.35. The molecule has 1 aromatic rings. The lowest BCUT2D eigenvalue weighted by Gasteiger charge is -2.34. The first-order valence-corrected chi connectivity index (χ1v) is 6.93. The minimum Gasteiger partial charge on any atom is -0.394 e. The number of alkyl halides is 3. The predicted octanol–water partition coefficient (Wildman–Crippen LogP) is 3.51. The van der Waals surface area contributed by atoms with Crippen LogP contribution in [-0.4, -0.2) is 35.4 Å². The van der Waals surface area contributed by atoms with Gasteiger partial charge in [-0.3, -0.25) is 10.1 Å². The molecule has 130 valence electrons. The molecule has 0 saturated heterocycles.